The third-order valence-electron chi connectivity index (χ3n) is 10.6. The Morgan fingerprint density at radius 1 is 0.603 bits per heavy atom. The van der Waals surface area contributed by atoms with Gasteiger partial charge in [-0.1, -0.05) is 36.4 Å². The zero-order chi connectivity index (χ0) is 41.4. The van der Waals surface area contributed by atoms with Gasteiger partial charge in [-0.05, 0) is 130 Å². The number of pyridine rings is 4. The Morgan fingerprint density at radius 3 is 1.66 bits per heavy atom. The summed E-state index contributed by atoms with van der Waals surface area (Å²) in [4.78, 5) is 17.2. The number of nitrogens with zero attached hydrogens (tertiary/aromatic N) is 8. The molecule has 6 aromatic heterocycles. The van der Waals surface area contributed by atoms with Crippen LogP contribution in [0.25, 0.3) is 44.6 Å². The maximum Gasteiger partial charge on any atom is 0.494 e. The topological polar surface area (TPSA) is 158 Å². The molecule has 1 saturated heterocycles. The quantitative estimate of drug-likeness (QED) is 0.165. The zero-order valence-electron chi connectivity index (χ0n) is 33.9. The van der Waals surface area contributed by atoms with Crippen molar-refractivity contribution in [3.63, 3.8) is 0 Å². The second kappa shape index (κ2) is 16.1. The van der Waals surface area contributed by atoms with Gasteiger partial charge in [0.2, 0.25) is 0 Å². The first-order valence-corrected chi connectivity index (χ1v) is 19.7. The molecule has 0 aliphatic carbocycles. The molecular formula is C44H46BBrN10O2. The van der Waals surface area contributed by atoms with E-state index < -0.39 is 0 Å². The molecular weight excluding hydrogens is 791 g/mol. The highest BCUT2D eigenvalue weighted by atomic mass is 79.9. The van der Waals surface area contributed by atoms with Crippen LogP contribution in [0.2, 0.25) is 0 Å². The fourth-order valence-corrected chi connectivity index (χ4v) is 6.70. The second-order valence-corrected chi connectivity index (χ2v) is 16.2. The number of aryl methyl sites for hydroxylation is 2. The highest BCUT2D eigenvalue weighted by molar-refractivity contribution is 9.10. The van der Waals surface area contributed by atoms with Gasteiger partial charge >= 0.3 is 7.12 Å². The molecule has 12 nitrogen and oxygen atoms in total. The fraction of sp³-hybridized carbons (Fsp3) is 0.227. The number of benzene rings is 2. The van der Waals surface area contributed by atoms with Crippen molar-refractivity contribution in [3.05, 3.63) is 137 Å². The van der Waals surface area contributed by atoms with Gasteiger partial charge in [-0.3, -0.25) is 9.97 Å². The van der Waals surface area contributed by atoms with Crippen molar-refractivity contribution in [3.8, 4) is 22.8 Å². The van der Waals surface area contributed by atoms with E-state index >= 15 is 0 Å². The van der Waals surface area contributed by atoms with Crippen molar-refractivity contribution in [2.45, 2.75) is 66.6 Å². The summed E-state index contributed by atoms with van der Waals surface area (Å²) in [5, 5.41) is 11.1. The lowest BCUT2D eigenvalue weighted by atomic mass is 9.79. The van der Waals surface area contributed by atoms with Gasteiger partial charge in [0.15, 0.2) is 11.6 Å². The number of hydrogen-bond acceptors (Lipinski definition) is 10. The molecule has 1 aliphatic heterocycles. The van der Waals surface area contributed by atoms with Crippen LogP contribution in [0.15, 0.2) is 114 Å². The van der Waals surface area contributed by atoms with Gasteiger partial charge in [0.25, 0.3) is 0 Å². The molecule has 14 heteroatoms. The number of rotatable bonds is 4. The number of hydrogen-bond donors (Lipinski definition) is 2. The lowest BCUT2D eigenvalue weighted by Crippen LogP contribution is -2.41. The highest BCUT2D eigenvalue weighted by Gasteiger charge is 2.51. The highest BCUT2D eigenvalue weighted by Crippen LogP contribution is 2.37. The number of aromatic nitrogens is 8. The largest absolute Gasteiger partial charge is 0.494 e. The van der Waals surface area contributed by atoms with Gasteiger partial charge in [-0.25, -0.2) is 19.3 Å². The van der Waals surface area contributed by atoms with Crippen molar-refractivity contribution in [1.29, 1.82) is 0 Å². The Bertz CT molecular complexity index is 2730. The van der Waals surface area contributed by atoms with E-state index in [1.807, 2.05) is 98.1 Å². The molecule has 2 aromatic carbocycles. The molecule has 294 valence electrons. The second-order valence-electron chi connectivity index (χ2n) is 15.3. The zero-order valence-corrected chi connectivity index (χ0v) is 35.5. The molecule has 0 amide bonds. The van der Waals surface area contributed by atoms with Gasteiger partial charge < -0.3 is 20.8 Å². The first kappa shape index (κ1) is 40.2. The SMILES string of the molecule is Cc1c(N)cncc1Br.Cc1cccc(-n2ncc3ccc(-c4cncc(N)c4C)cc32)n1.Cc1cccc(-n2ncc3ccc(B4OC(C)(C)C(C)(C)O4)cc32)n1. The lowest BCUT2D eigenvalue weighted by Gasteiger charge is -2.32. The predicted octanol–water partition coefficient (Wildman–Crippen LogP) is 8.44. The van der Waals surface area contributed by atoms with Crippen LogP contribution in [0, 0.1) is 27.7 Å². The number of nitrogens with two attached hydrogens (primary N) is 2. The van der Waals surface area contributed by atoms with E-state index in [9.17, 15) is 0 Å². The predicted molar refractivity (Wildman–Crippen MR) is 236 cm³/mol. The molecule has 7 heterocycles. The van der Waals surface area contributed by atoms with Crippen LogP contribution in [-0.4, -0.2) is 57.8 Å². The number of fused-ring (bicyclic) bond motifs is 2. The molecule has 0 radical (unpaired) electrons. The third-order valence-corrected chi connectivity index (χ3v) is 11.4. The molecule has 0 unspecified atom stereocenters. The van der Waals surface area contributed by atoms with Crippen molar-refractivity contribution in [1.82, 2.24) is 39.5 Å². The van der Waals surface area contributed by atoms with Gasteiger partial charge in [-0.15, -0.1) is 0 Å². The average molecular weight is 838 g/mol. The van der Waals surface area contributed by atoms with Crippen molar-refractivity contribution < 1.29 is 9.31 Å². The molecule has 58 heavy (non-hydrogen) atoms. The standard InChI is InChI=1S/C19H22BN3O2.C19H17N5.C6H7BrN2/c1-13-7-6-8-17(22-13)23-16-11-15(10-9-14(16)12-21-23)20-24-18(2,3)19(4,5)25-20;1-12-4-3-5-19(23-12)24-18-8-14(6-7-15(18)9-22-24)16-10-21-11-17(20)13(16)2;1-4-5(7)2-9-3-6(4)8/h6-12H,1-5H3;3-11H,20H2,1-2H3;2-3H,8H2,1H3. The molecule has 0 spiro atoms. The average Bonchev–Trinajstić information content (AvgIpc) is 3.88. The molecule has 0 saturated carbocycles. The summed E-state index contributed by atoms with van der Waals surface area (Å²) in [6.07, 6.45) is 10.6. The summed E-state index contributed by atoms with van der Waals surface area (Å²) in [6.45, 7) is 16.2. The molecule has 0 atom stereocenters. The van der Waals surface area contributed by atoms with Crippen LogP contribution in [0.4, 0.5) is 11.4 Å². The minimum Gasteiger partial charge on any atom is -0.399 e. The van der Waals surface area contributed by atoms with Crippen LogP contribution >= 0.6 is 15.9 Å². The summed E-state index contributed by atoms with van der Waals surface area (Å²) < 4.78 is 17.0. The molecule has 1 fully saturated rings. The Balaban J connectivity index is 0.000000146. The Kier molecular flexibility index (Phi) is 11.2. The van der Waals surface area contributed by atoms with Gasteiger partial charge in [0, 0.05) is 44.6 Å². The van der Waals surface area contributed by atoms with Crippen LogP contribution in [0.1, 0.15) is 50.2 Å². The van der Waals surface area contributed by atoms with Crippen LogP contribution in [0.3, 0.4) is 0 Å². The monoisotopic (exact) mass is 836 g/mol. The van der Waals surface area contributed by atoms with Crippen molar-refractivity contribution >= 4 is 61.7 Å². The fourth-order valence-electron chi connectivity index (χ4n) is 6.35. The van der Waals surface area contributed by atoms with Gasteiger partial charge in [-0.2, -0.15) is 10.2 Å². The summed E-state index contributed by atoms with van der Waals surface area (Å²) >= 11 is 3.30. The minimum absolute atomic E-state index is 0.356. The number of halogens is 1. The molecule has 8 aromatic rings. The smallest absolute Gasteiger partial charge is 0.399 e. The van der Waals surface area contributed by atoms with E-state index in [0.29, 0.717) is 5.69 Å². The van der Waals surface area contributed by atoms with E-state index in [1.54, 1.807) is 18.6 Å². The van der Waals surface area contributed by atoms with E-state index in [0.717, 1.165) is 82.7 Å². The van der Waals surface area contributed by atoms with Crippen molar-refractivity contribution in [2.75, 3.05) is 11.5 Å². The Morgan fingerprint density at radius 2 is 1.12 bits per heavy atom. The Labute approximate surface area is 346 Å². The van der Waals surface area contributed by atoms with Crippen LogP contribution < -0.4 is 16.9 Å². The number of nitrogen functional groups attached to an aromatic ring is 2. The Hall–Kier alpha value is -5.96. The summed E-state index contributed by atoms with van der Waals surface area (Å²) in [5.41, 5.74) is 21.3. The molecule has 1 aliphatic rings. The molecule has 9 rings (SSSR count). The lowest BCUT2D eigenvalue weighted by molar-refractivity contribution is 0.00578. The van der Waals surface area contributed by atoms with Crippen LogP contribution in [-0.2, 0) is 9.31 Å². The summed E-state index contributed by atoms with van der Waals surface area (Å²) in [5.74, 6) is 1.62. The third kappa shape index (κ3) is 8.22. The van der Waals surface area contributed by atoms with E-state index in [4.69, 9.17) is 20.8 Å². The molecule has 4 N–H and O–H groups in total. The van der Waals surface area contributed by atoms with Gasteiger partial charge in [0.1, 0.15) is 0 Å². The van der Waals surface area contributed by atoms with Crippen LogP contribution in [0.5, 0.6) is 0 Å². The normalized spacial score (nSPS) is 14.2. The maximum atomic E-state index is 6.17. The van der Waals surface area contributed by atoms with Gasteiger partial charge in [0.05, 0.1) is 58.4 Å². The first-order valence-electron chi connectivity index (χ1n) is 18.9. The summed E-state index contributed by atoms with van der Waals surface area (Å²) in [7, 11) is -0.386. The van der Waals surface area contributed by atoms with E-state index in [1.165, 1.54) is 0 Å². The van der Waals surface area contributed by atoms with Crippen molar-refractivity contribution in [2.24, 2.45) is 0 Å². The number of anilines is 2. The summed E-state index contributed by atoms with van der Waals surface area (Å²) in [6, 6.07) is 24.3. The molecule has 0 bridgehead atoms. The van der Waals surface area contributed by atoms with E-state index in [-0.39, 0.29) is 18.3 Å². The maximum absolute atomic E-state index is 6.17. The minimum atomic E-state index is -0.386. The van der Waals surface area contributed by atoms with E-state index in [2.05, 4.69) is 104 Å². The first-order chi connectivity index (χ1) is 27.6.